The van der Waals surface area contributed by atoms with Gasteiger partial charge in [-0.2, -0.15) is 11.8 Å². The highest BCUT2D eigenvalue weighted by Crippen LogP contribution is 2.29. The van der Waals surface area contributed by atoms with Gasteiger partial charge < -0.3 is 25.6 Å². The molecule has 1 fully saturated rings. The Morgan fingerprint density at radius 3 is 2.66 bits per heavy atom. The molecule has 2 aliphatic rings. The van der Waals surface area contributed by atoms with Crippen molar-refractivity contribution in [1.82, 2.24) is 10.2 Å². The molecule has 0 radical (unpaired) electrons. The smallest absolute Gasteiger partial charge is 0.409 e. The third-order valence-corrected chi connectivity index (χ3v) is 7.43. The zero-order valence-corrected chi connectivity index (χ0v) is 21.0. The molecule has 1 unspecified atom stereocenters. The first-order valence-electron chi connectivity index (χ1n) is 12.0. The van der Waals surface area contributed by atoms with Crippen LogP contribution in [0.1, 0.15) is 41.3 Å². The minimum atomic E-state index is -0.333. The molecule has 1 atom stereocenters. The number of nitrogens with zero attached hydrogens (tertiary/aromatic N) is 1. The predicted octanol–water partition coefficient (Wildman–Crippen LogP) is 4.01. The van der Waals surface area contributed by atoms with Crippen molar-refractivity contribution in [3.05, 3.63) is 59.2 Å². The van der Waals surface area contributed by atoms with Gasteiger partial charge in [0, 0.05) is 36.2 Å². The number of hydrogen-bond donors (Lipinski definition) is 3. The number of carbonyl (C=O) groups is 3. The summed E-state index contributed by atoms with van der Waals surface area (Å²) in [6, 6.07) is 13.2. The summed E-state index contributed by atoms with van der Waals surface area (Å²) in [7, 11) is 0. The molecule has 0 saturated carbocycles. The van der Waals surface area contributed by atoms with Gasteiger partial charge in [-0.25, -0.2) is 4.79 Å². The SMILES string of the molecule is CCOC(=O)N1CCC(NC(=O)c2ccc3c(c2)NC(=O)C(CSCc2ccccc2C)N3)CC1. The molecule has 0 spiro atoms. The summed E-state index contributed by atoms with van der Waals surface area (Å²) in [6.45, 7) is 5.34. The zero-order chi connectivity index (χ0) is 24.8. The molecule has 4 rings (SSSR count). The van der Waals surface area contributed by atoms with Gasteiger partial charge in [-0.15, -0.1) is 0 Å². The third kappa shape index (κ3) is 6.28. The minimum Gasteiger partial charge on any atom is -0.450 e. The Bertz CT molecular complexity index is 1080. The molecule has 3 amide bonds. The molecule has 186 valence electrons. The van der Waals surface area contributed by atoms with Gasteiger partial charge in [-0.1, -0.05) is 24.3 Å². The van der Waals surface area contributed by atoms with E-state index < -0.39 is 0 Å². The fraction of sp³-hybridized carbons (Fsp3) is 0.423. The molecule has 35 heavy (non-hydrogen) atoms. The van der Waals surface area contributed by atoms with E-state index in [2.05, 4.69) is 35.0 Å². The number of thioether (sulfide) groups is 1. The molecule has 2 aromatic rings. The molecule has 0 bridgehead atoms. The first-order valence-corrected chi connectivity index (χ1v) is 13.2. The van der Waals surface area contributed by atoms with Crippen LogP contribution in [-0.4, -0.2) is 60.3 Å². The van der Waals surface area contributed by atoms with Gasteiger partial charge in [-0.3, -0.25) is 9.59 Å². The molecule has 2 aromatic carbocycles. The molecule has 2 aliphatic heterocycles. The number of nitrogens with one attached hydrogen (secondary N) is 3. The van der Waals surface area contributed by atoms with Crippen LogP contribution in [0.4, 0.5) is 16.2 Å². The van der Waals surface area contributed by atoms with E-state index in [1.54, 1.807) is 35.7 Å². The lowest BCUT2D eigenvalue weighted by Crippen LogP contribution is -2.46. The van der Waals surface area contributed by atoms with E-state index in [0.717, 1.165) is 11.4 Å². The van der Waals surface area contributed by atoms with Crippen LogP contribution in [0.5, 0.6) is 0 Å². The normalized spacial score (nSPS) is 17.7. The highest BCUT2D eigenvalue weighted by atomic mass is 32.2. The van der Waals surface area contributed by atoms with Crippen LogP contribution >= 0.6 is 11.8 Å². The summed E-state index contributed by atoms with van der Waals surface area (Å²) >= 11 is 1.72. The molecule has 0 aromatic heterocycles. The zero-order valence-electron chi connectivity index (χ0n) is 20.1. The lowest BCUT2D eigenvalue weighted by molar-refractivity contribution is -0.116. The number of anilines is 2. The summed E-state index contributed by atoms with van der Waals surface area (Å²) in [6.07, 6.45) is 1.05. The van der Waals surface area contributed by atoms with Crippen molar-refractivity contribution in [3.63, 3.8) is 0 Å². The van der Waals surface area contributed by atoms with Crippen molar-refractivity contribution >= 4 is 41.0 Å². The minimum absolute atomic E-state index is 0.00779. The van der Waals surface area contributed by atoms with E-state index in [1.165, 1.54) is 11.1 Å². The Morgan fingerprint density at radius 1 is 1.14 bits per heavy atom. The molecule has 3 N–H and O–H groups in total. The van der Waals surface area contributed by atoms with E-state index in [4.69, 9.17) is 4.74 Å². The largest absolute Gasteiger partial charge is 0.450 e. The van der Waals surface area contributed by atoms with Gasteiger partial charge in [0.25, 0.3) is 5.91 Å². The summed E-state index contributed by atoms with van der Waals surface area (Å²) in [5.74, 6) is 1.21. The topological polar surface area (TPSA) is 99.8 Å². The molecule has 1 saturated heterocycles. The number of rotatable bonds is 7. The molecule has 8 nitrogen and oxygen atoms in total. The number of piperidine rings is 1. The first-order chi connectivity index (χ1) is 16.9. The summed E-state index contributed by atoms with van der Waals surface area (Å²) in [5.41, 5.74) is 4.44. The standard InChI is InChI=1S/C26H32N4O4S/c1-3-34-26(33)30-12-10-20(11-13-30)27-24(31)18-8-9-21-22(14-18)29-25(32)23(28-21)16-35-15-19-7-5-4-6-17(19)2/h4-9,14,20,23,28H,3,10-13,15-16H2,1-2H3,(H,27,31)(H,29,32). The van der Waals surface area contributed by atoms with Crippen LogP contribution in [0.3, 0.4) is 0 Å². The van der Waals surface area contributed by atoms with Crippen molar-refractivity contribution in [1.29, 1.82) is 0 Å². The number of ether oxygens (including phenoxy) is 1. The fourth-order valence-corrected chi connectivity index (χ4v) is 5.39. The van der Waals surface area contributed by atoms with Crippen molar-refractivity contribution < 1.29 is 19.1 Å². The second-order valence-corrected chi connectivity index (χ2v) is 9.85. The Hall–Kier alpha value is -3.20. The summed E-state index contributed by atoms with van der Waals surface area (Å²) in [4.78, 5) is 39.0. The van der Waals surface area contributed by atoms with Gasteiger partial charge in [0.05, 0.1) is 18.0 Å². The summed E-state index contributed by atoms with van der Waals surface area (Å²) < 4.78 is 5.04. The highest BCUT2D eigenvalue weighted by Gasteiger charge is 2.28. The molecule has 0 aliphatic carbocycles. The first kappa shape index (κ1) is 24.9. The number of hydrogen-bond acceptors (Lipinski definition) is 6. The van der Waals surface area contributed by atoms with E-state index in [-0.39, 0.29) is 30.0 Å². The number of carbonyl (C=O) groups excluding carboxylic acids is 3. The highest BCUT2D eigenvalue weighted by molar-refractivity contribution is 7.98. The van der Waals surface area contributed by atoms with Gasteiger partial charge >= 0.3 is 6.09 Å². The second kappa shape index (κ2) is 11.5. The van der Waals surface area contributed by atoms with E-state index in [1.807, 2.05) is 18.2 Å². The molecular weight excluding hydrogens is 464 g/mol. The second-order valence-electron chi connectivity index (χ2n) is 8.82. The van der Waals surface area contributed by atoms with Crippen molar-refractivity contribution in [2.45, 2.75) is 44.5 Å². The Kier molecular flexibility index (Phi) is 8.17. The van der Waals surface area contributed by atoms with Crippen molar-refractivity contribution in [3.8, 4) is 0 Å². The molecule has 9 heteroatoms. The van der Waals surface area contributed by atoms with Crippen LogP contribution in [0.2, 0.25) is 0 Å². The van der Waals surface area contributed by atoms with Crippen molar-refractivity contribution in [2.24, 2.45) is 0 Å². The average Bonchev–Trinajstić information content (AvgIpc) is 2.85. The van der Waals surface area contributed by atoms with Crippen LogP contribution in [0, 0.1) is 6.92 Å². The average molecular weight is 497 g/mol. The van der Waals surface area contributed by atoms with E-state index in [0.29, 0.717) is 49.5 Å². The van der Waals surface area contributed by atoms with E-state index in [9.17, 15) is 14.4 Å². The third-order valence-electron chi connectivity index (χ3n) is 6.35. The fourth-order valence-electron chi connectivity index (χ4n) is 4.25. The van der Waals surface area contributed by atoms with Gasteiger partial charge in [0.1, 0.15) is 6.04 Å². The number of amides is 3. The lowest BCUT2D eigenvalue weighted by Gasteiger charge is -2.31. The van der Waals surface area contributed by atoms with Crippen molar-refractivity contribution in [2.75, 3.05) is 36.1 Å². The monoisotopic (exact) mass is 496 g/mol. The lowest BCUT2D eigenvalue weighted by atomic mass is 10.0. The summed E-state index contributed by atoms with van der Waals surface area (Å²) in [5, 5.41) is 9.30. The molecular formula is C26H32N4O4S. The Morgan fingerprint density at radius 2 is 1.91 bits per heavy atom. The maximum atomic E-state index is 12.8. The number of fused-ring (bicyclic) bond motifs is 1. The maximum Gasteiger partial charge on any atom is 0.409 e. The molecule has 2 heterocycles. The van der Waals surface area contributed by atoms with Gasteiger partial charge in [-0.05, 0) is 56.0 Å². The van der Waals surface area contributed by atoms with Crippen LogP contribution in [0.15, 0.2) is 42.5 Å². The van der Waals surface area contributed by atoms with Gasteiger partial charge in [0.15, 0.2) is 0 Å². The number of likely N-dealkylation sites (tertiary alicyclic amines) is 1. The van der Waals surface area contributed by atoms with Crippen LogP contribution < -0.4 is 16.0 Å². The predicted molar refractivity (Wildman–Crippen MR) is 139 cm³/mol. The maximum absolute atomic E-state index is 12.8. The van der Waals surface area contributed by atoms with Crippen LogP contribution in [-0.2, 0) is 15.3 Å². The number of benzene rings is 2. The number of aryl methyl sites for hydroxylation is 1. The quantitative estimate of drug-likeness (QED) is 0.536. The van der Waals surface area contributed by atoms with E-state index >= 15 is 0 Å². The Balaban J connectivity index is 1.29. The Labute approximate surface area is 210 Å². The van der Waals surface area contributed by atoms with Gasteiger partial charge in [0.2, 0.25) is 5.91 Å². The van der Waals surface area contributed by atoms with Crippen LogP contribution in [0.25, 0.3) is 0 Å².